The van der Waals surface area contributed by atoms with Crippen LogP contribution in [0.1, 0.15) is 34.6 Å². The van der Waals surface area contributed by atoms with E-state index < -0.39 is 9.28 Å². The summed E-state index contributed by atoms with van der Waals surface area (Å²) in [5.41, 5.74) is 0.340. The highest BCUT2D eigenvalue weighted by Gasteiger charge is 2.22. The number of hydrogen-bond acceptors (Lipinski definition) is 2. The molecule has 0 aliphatic rings. The van der Waals surface area contributed by atoms with Gasteiger partial charge in [-0.15, -0.1) is 6.58 Å². The van der Waals surface area contributed by atoms with Gasteiger partial charge in [-0.2, -0.15) is 0 Å². The van der Waals surface area contributed by atoms with Crippen LogP contribution in [0.5, 0.6) is 0 Å². The molecule has 0 fully saturated rings. The molecule has 89 valence electrons. The minimum absolute atomic E-state index is 0.340. The normalized spacial score (nSPS) is 13.9. The van der Waals surface area contributed by atoms with E-state index in [2.05, 4.69) is 41.2 Å². The predicted molar refractivity (Wildman–Crippen MR) is 67.0 cm³/mol. The lowest BCUT2D eigenvalue weighted by Gasteiger charge is -2.21. The van der Waals surface area contributed by atoms with Crippen LogP contribution >= 0.6 is 0 Å². The smallest absolute Gasteiger partial charge is 0.391 e. The second-order valence-corrected chi connectivity index (χ2v) is 6.88. The van der Waals surface area contributed by atoms with Crippen LogP contribution in [-0.4, -0.2) is 22.5 Å². The lowest BCUT2D eigenvalue weighted by atomic mass is 10.2. The molecule has 0 bridgehead atoms. The summed E-state index contributed by atoms with van der Waals surface area (Å²) < 4.78 is 11.6. The van der Waals surface area contributed by atoms with E-state index in [1.807, 2.05) is 6.08 Å². The van der Waals surface area contributed by atoms with Gasteiger partial charge in [0.2, 0.25) is 0 Å². The molecule has 3 heteroatoms. The number of rotatable bonds is 8. The van der Waals surface area contributed by atoms with E-state index >= 15 is 0 Å². The Bertz CT molecular complexity index is 157. The van der Waals surface area contributed by atoms with Gasteiger partial charge in [0.15, 0.2) is 0 Å². The first-order chi connectivity index (χ1) is 6.97. The fourth-order valence-electron chi connectivity index (χ4n) is 0.898. The van der Waals surface area contributed by atoms with Gasteiger partial charge in [-0.1, -0.05) is 40.7 Å². The molecule has 0 saturated heterocycles. The Balaban J connectivity index is 4.00. The molecule has 1 unspecified atom stereocenters. The highest BCUT2D eigenvalue weighted by atomic mass is 28.3. The van der Waals surface area contributed by atoms with Crippen LogP contribution in [0.2, 0.25) is 5.54 Å². The predicted octanol–water partition coefficient (Wildman–Crippen LogP) is 3.40. The van der Waals surface area contributed by atoms with Gasteiger partial charge < -0.3 is 8.85 Å². The van der Waals surface area contributed by atoms with Gasteiger partial charge in [0.25, 0.3) is 0 Å². The summed E-state index contributed by atoms with van der Waals surface area (Å²) in [5.74, 6) is 1.12. The van der Waals surface area contributed by atoms with Crippen LogP contribution in [0.25, 0.3) is 0 Å². The maximum absolute atomic E-state index is 5.82. The van der Waals surface area contributed by atoms with E-state index in [1.54, 1.807) is 0 Å². The first kappa shape index (κ1) is 14.9. The van der Waals surface area contributed by atoms with E-state index in [-0.39, 0.29) is 0 Å². The average molecular weight is 229 g/mol. The molecule has 0 rings (SSSR count). The third-order valence-electron chi connectivity index (χ3n) is 1.84. The van der Waals surface area contributed by atoms with Crippen molar-refractivity contribution in [3.8, 4) is 0 Å². The molecule has 1 atom stereocenters. The summed E-state index contributed by atoms with van der Waals surface area (Å²) in [6, 6.07) is 0. The minimum atomic E-state index is -1.18. The highest BCUT2D eigenvalue weighted by Crippen LogP contribution is 2.14. The van der Waals surface area contributed by atoms with Crippen LogP contribution in [0.15, 0.2) is 12.7 Å². The van der Waals surface area contributed by atoms with Crippen molar-refractivity contribution in [2.75, 3.05) is 13.2 Å². The molecule has 0 aromatic carbocycles. The zero-order valence-corrected chi connectivity index (χ0v) is 11.7. The first-order valence-corrected chi connectivity index (χ1v) is 7.11. The molecule has 0 heterocycles. The van der Waals surface area contributed by atoms with Crippen molar-refractivity contribution in [3.05, 3.63) is 12.7 Å². The SMILES string of the molecule is C=CC(C)[Si](OCC(C)C)OCC(C)C. The number of hydrogen-bond donors (Lipinski definition) is 0. The Labute approximate surface area is 96.5 Å². The van der Waals surface area contributed by atoms with Gasteiger partial charge >= 0.3 is 9.28 Å². The molecule has 0 saturated carbocycles. The molecule has 2 nitrogen and oxygen atoms in total. The third-order valence-corrected chi connectivity index (χ3v) is 3.72. The van der Waals surface area contributed by atoms with E-state index in [0.29, 0.717) is 17.4 Å². The summed E-state index contributed by atoms with van der Waals surface area (Å²) in [4.78, 5) is 0. The van der Waals surface area contributed by atoms with Gasteiger partial charge in [-0.25, -0.2) is 0 Å². The van der Waals surface area contributed by atoms with Crippen molar-refractivity contribution >= 4 is 9.28 Å². The largest absolute Gasteiger partial charge is 0.393 e. The van der Waals surface area contributed by atoms with Crippen molar-refractivity contribution in [2.45, 2.75) is 40.2 Å². The van der Waals surface area contributed by atoms with Gasteiger partial charge in [0.05, 0.1) is 0 Å². The zero-order valence-electron chi connectivity index (χ0n) is 10.7. The van der Waals surface area contributed by atoms with Crippen molar-refractivity contribution < 1.29 is 8.85 Å². The summed E-state index contributed by atoms with van der Waals surface area (Å²) in [7, 11) is -1.18. The molecule has 0 aromatic rings. The van der Waals surface area contributed by atoms with Gasteiger partial charge in [0.1, 0.15) is 0 Å². The molecule has 0 amide bonds. The Morgan fingerprint density at radius 2 is 1.40 bits per heavy atom. The molecule has 0 aliphatic heterocycles. The van der Waals surface area contributed by atoms with Crippen molar-refractivity contribution in [2.24, 2.45) is 11.8 Å². The molecule has 0 spiro atoms. The maximum Gasteiger partial charge on any atom is 0.391 e. The zero-order chi connectivity index (χ0) is 11.8. The quantitative estimate of drug-likeness (QED) is 0.469. The summed E-state index contributed by atoms with van der Waals surface area (Å²) in [6.45, 7) is 16.1. The molecule has 0 N–H and O–H groups in total. The first-order valence-electron chi connectivity index (χ1n) is 5.72. The van der Waals surface area contributed by atoms with Gasteiger partial charge in [0, 0.05) is 18.8 Å². The van der Waals surface area contributed by atoms with E-state index in [9.17, 15) is 0 Å². The van der Waals surface area contributed by atoms with Crippen molar-refractivity contribution in [1.82, 2.24) is 0 Å². The Morgan fingerprint density at radius 3 is 1.67 bits per heavy atom. The molecule has 0 aromatic heterocycles. The minimum Gasteiger partial charge on any atom is -0.393 e. The van der Waals surface area contributed by atoms with E-state index in [1.165, 1.54) is 0 Å². The highest BCUT2D eigenvalue weighted by molar-refractivity contribution is 6.47. The fraction of sp³-hybridized carbons (Fsp3) is 0.833. The van der Waals surface area contributed by atoms with Crippen LogP contribution in [0.4, 0.5) is 0 Å². The third kappa shape index (κ3) is 7.77. The van der Waals surface area contributed by atoms with Crippen LogP contribution in [0.3, 0.4) is 0 Å². The summed E-state index contributed by atoms with van der Waals surface area (Å²) in [5, 5.41) is 0. The van der Waals surface area contributed by atoms with E-state index in [0.717, 1.165) is 13.2 Å². The lowest BCUT2D eigenvalue weighted by molar-refractivity contribution is 0.160. The molecule has 15 heavy (non-hydrogen) atoms. The number of allylic oxidation sites excluding steroid dienone is 1. The summed E-state index contributed by atoms with van der Waals surface area (Å²) >= 11 is 0. The molecule has 1 radical (unpaired) electrons. The topological polar surface area (TPSA) is 18.5 Å². The molecule has 0 aliphatic carbocycles. The average Bonchev–Trinajstić information content (AvgIpc) is 2.16. The van der Waals surface area contributed by atoms with Crippen LogP contribution in [0, 0.1) is 11.8 Å². The maximum atomic E-state index is 5.82. The lowest BCUT2D eigenvalue weighted by Crippen LogP contribution is -2.30. The Kier molecular flexibility index (Phi) is 8.01. The van der Waals surface area contributed by atoms with Crippen molar-refractivity contribution in [1.29, 1.82) is 0 Å². The van der Waals surface area contributed by atoms with Gasteiger partial charge in [-0.3, -0.25) is 0 Å². The standard InChI is InChI=1S/C12H25O2Si/c1-7-12(6)15(13-8-10(2)3)14-9-11(4)5/h7,10-12H,1,8-9H2,2-6H3. The Hall–Kier alpha value is -0.123. The van der Waals surface area contributed by atoms with Gasteiger partial charge in [-0.05, 0) is 11.8 Å². The monoisotopic (exact) mass is 229 g/mol. The molecular formula is C12H25O2Si. The van der Waals surface area contributed by atoms with E-state index in [4.69, 9.17) is 8.85 Å². The van der Waals surface area contributed by atoms with Crippen LogP contribution < -0.4 is 0 Å². The summed E-state index contributed by atoms with van der Waals surface area (Å²) in [6.07, 6.45) is 1.93. The second-order valence-electron chi connectivity index (χ2n) is 4.75. The second kappa shape index (κ2) is 8.08. The Morgan fingerprint density at radius 1 is 1.00 bits per heavy atom. The van der Waals surface area contributed by atoms with Crippen LogP contribution in [-0.2, 0) is 8.85 Å². The molecular weight excluding hydrogens is 204 g/mol. The fourth-order valence-corrected chi connectivity index (χ4v) is 2.70. The van der Waals surface area contributed by atoms with Crippen molar-refractivity contribution in [3.63, 3.8) is 0 Å².